The zero-order valence-electron chi connectivity index (χ0n) is 28.9. The molecule has 7 aromatic rings. The number of aromatic nitrogens is 4. The van der Waals surface area contributed by atoms with Crippen molar-refractivity contribution in [1.29, 1.82) is 0 Å². The van der Waals surface area contributed by atoms with Crippen LogP contribution in [0.15, 0.2) is 149 Å². The molecule has 3 aromatic carbocycles. The van der Waals surface area contributed by atoms with Gasteiger partial charge in [-0.15, -0.1) is 0 Å². The summed E-state index contributed by atoms with van der Waals surface area (Å²) in [5, 5.41) is 8.74. The summed E-state index contributed by atoms with van der Waals surface area (Å²) >= 11 is 6.89. The second-order valence-corrected chi connectivity index (χ2v) is 15.6. The van der Waals surface area contributed by atoms with Crippen LogP contribution in [0.5, 0.6) is 17.2 Å². The van der Waals surface area contributed by atoms with E-state index in [1.807, 2.05) is 48.8 Å². The number of phenols is 1. The lowest BCUT2D eigenvalue weighted by molar-refractivity contribution is -0.0510. The van der Waals surface area contributed by atoms with E-state index in [0.717, 1.165) is 54.1 Å². The fourth-order valence-electron chi connectivity index (χ4n) is 6.67. The zero-order chi connectivity index (χ0) is 40.5. The molecule has 10 nitrogen and oxygen atoms in total. The van der Waals surface area contributed by atoms with Crippen molar-refractivity contribution < 1.29 is 40.8 Å². The molecule has 0 saturated heterocycles. The second-order valence-electron chi connectivity index (χ2n) is 12.3. The van der Waals surface area contributed by atoms with Crippen molar-refractivity contribution in [3.8, 4) is 40.0 Å². The van der Waals surface area contributed by atoms with Gasteiger partial charge in [-0.1, -0.05) is 62.2 Å². The van der Waals surface area contributed by atoms with Crippen LogP contribution >= 0.6 is 31.9 Å². The maximum absolute atomic E-state index is 11.8. The Morgan fingerprint density at radius 2 is 1.02 bits per heavy atom. The predicted octanol–water partition coefficient (Wildman–Crippen LogP) is 9.94. The summed E-state index contributed by atoms with van der Waals surface area (Å²) in [6, 6.07) is 36.7. The molecule has 1 aliphatic heterocycles. The summed E-state index contributed by atoms with van der Waals surface area (Å²) < 4.78 is 65.8. The molecule has 3 aliphatic rings. The molecule has 0 radical (unpaired) electrons. The molecule has 1 spiro atoms. The Morgan fingerprint density at radius 1 is 0.579 bits per heavy atom. The van der Waals surface area contributed by atoms with Crippen molar-refractivity contribution in [2.24, 2.45) is 0 Å². The second kappa shape index (κ2) is 15.6. The normalized spacial score (nSPS) is 13.3. The van der Waals surface area contributed by atoms with Gasteiger partial charge in [-0.25, -0.2) is 0 Å². The maximum atomic E-state index is 11.8. The van der Waals surface area contributed by atoms with Crippen LogP contribution in [0.2, 0.25) is 0 Å². The first-order valence-electron chi connectivity index (χ1n) is 16.6. The minimum absolute atomic E-state index is 0.0243. The van der Waals surface area contributed by atoms with E-state index in [4.69, 9.17) is 32.8 Å². The van der Waals surface area contributed by atoms with Gasteiger partial charge in [0.25, 0.3) is 0 Å². The molecule has 0 fully saturated rings. The molecule has 5 heterocycles. The number of ketones is 1. The number of fused-ring (bicyclic) bond motifs is 12. The van der Waals surface area contributed by atoms with Gasteiger partial charge in [-0.05, 0) is 96.1 Å². The van der Waals surface area contributed by atoms with Crippen molar-refractivity contribution in [2.45, 2.75) is 10.9 Å². The molecule has 0 saturated carbocycles. The molecule has 0 unspecified atom stereocenters. The molecule has 10 rings (SSSR count). The maximum Gasteiger partial charge on any atom is 0.522 e. The number of carbonyl (C=O) groups is 1. The number of para-hydroxylation sites is 1. The van der Waals surface area contributed by atoms with E-state index >= 15 is 0 Å². The van der Waals surface area contributed by atoms with Crippen LogP contribution in [0.4, 0.5) is 13.2 Å². The third-order valence-electron chi connectivity index (χ3n) is 8.95. The fourth-order valence-corrected chi connectivity index (χ4v) is 7.30. The highest BCUT2D eigenvalue weighted by molar-refractivity contribution is 9.10. The smallest absolute Gasteiger partial charge is 0.508 e. The van der Waals surface area contributed by atoms with E-state index in [9.17, 15) is 18.0 Å². The van der Waals surface area contributed by atoms with Gasteiger partial charge in [-0.3, -0.25) is 29.3 Å². The standard InChI is InChI=1S/C23H13BrN2O.C11H6N2O.C6H5BrO.CHF3O3S/c24-14-9-10-20-18(13-14)23(15-5-1-2-8-19(15)27-20)16-6-3-11-25-21(16)22-17(23)7-4-12-26-22;14-11-7-3-1-5-12-9(7)10-8(11)4-2-6-13-10;7-5-1-3-6(8)4-2-5;2-1(3,4)8(5,6)7/h1-13H;1-6H;1-4,8H;(H,5,6,7). The first-order valence-corrected chi connectivity index (χ1v) is 19.7. The van der Waals surface area contributed by atoms with Crippen LogP contribution < -0.4 is 4.74 Å². The Kier molecular flexibility index (Phi) is 10.8. The highest BCUT2D eigenvalue weighted by Crippen LogP contribution is 2.61. The van der Waals surface area contributed by atoms with E-state index in [-0.39, 0.29) is 5.78 Å². The molecule has 286 valence electrons. The summed E-state index contributed by atoms with van der Waals surface area (Å²) in [5.74, 6) is 2.06. The number of hydrogen-bond donors (Lipinski definition) is 2. The Balaban J connectivity index is 0.000000137. The third kappa shape index (κ3) is 7.44. The van der Waals surface area contributed by atoms with Crippen LogP contribution in [0.25, 0.3) is 22.8 Å². The molecule has 57 heavy (non-hydrogen) atoms. The van der Waals surface area contributed by atoms with E-state index in [2.05, 4.69) is 72.2 Å². The van der Waals surface area contributed by atoms with Crippen LogP contribution in [-0.4, -0.2) is 49.3 Å². The monoisotopic (exact) mass is 916 g/mol. The average Bonchev–Trinajstić information content (AvgIpc) is 3.66. The molecule has 16 heteroatoms. The minimum atomic E-state index is -5.84. The highest BCUT2D eigenvalue weighted by atomic mass is 79.9. The van der Waals surface area contributed by atoms with Crippen molar-refractivity contribution >= 4 is 47.8 Å². The summed E-state index contributed by atoms with van der Waals surface area (Å²) in [4.78, 5) is 29.6. The molecule has 0 atom stereocenters. The van der Waals surface area contributed by atoms with Gasteiger partial charge in [0.2, 0.25) is 0 Å². The van der Waals surface area contributed by atoms with Crippen molar-refractivity contribution in [2.75, 3.05) is 0 Å². The molecule has 4 aromatic heterocycles. The van der Waals surface area contributed by atoms with Gasteiger partial charge >= 0.3 is 15.6 Å². The molecule has 0 bridgehead atoms. The van der Waals surface area contributed by atoms with E-state index in [0.29, 0.717) is 28.3 Å². The van der Waals surface area contributed by atoms with Crippen molar-refractivity contribution in [3.05, 3.63) is 182 Å². The van der Waals surface area contributed by atoms with Gasteiger partial charge in [0.15, 0.2) is 5.78 Å². The van der Waals surface area contributed by atoms with Gasteiger partial charge in [0.1, 0.15) is 28.6 Å². The Bertz CT molecular complexity index is 2660. The minimum Gasteiger partial charge on any atom is -0.508 e. The molecule has 2 aliphatic carbocycles. The summed E-state index contributed by atoms with van der Waals surface area (Å²) in [7, 11) is -5.84. The Hall–Kier alpha value is -5.81. The van der Waals surface area contributed by atoms with E-state index in [1.54, 1.807) is 60.9 Å². The highest BCUT2D eigenvalue weighted by Gasteiger charge is 2.52. The number of rotatable bonds is 0. The SMILES string of the molecule is Brc1ccc2c(c1)C1(c3ccccc3O2)c2cccnc2-c2ncccc21.O=C1c2cccnc2-c2ncccc21.O=S(=O)(O)C(F)(F)F.Oc1ccc(Br)cc1. The number of halogens is 5. The van der Waals surface area contributed by atoms with Crippen molar-refractivity contribution in [1.82, 2.24) is 19.9 Å². The summed E-state index contributed by atoms with van der Waals surface area (Å²) in [6.07, 6.45) is 7.03. The Labute approximate surface area is 340 Å². The molecule has 2 N–H and O–H groups in total. The number of benzene rings is 3. The first-order chi connectivity index (χ1) is 27.2. The largest absolute Gasteiger partial charge is 0.522 e. The first kappa shape index (κ1) is 39.4. The van der Waals surface area contributed by atoms with Gasteiger partial charge in [-0.2, -0.15) is 21.6 Å². The van der Waals surface area contributed by atoms with Gasteiger partial charge < -0.3 is 9.84 Å². The lowest BCUT2D eigenvalue weighted by Gasteiger charge is -2.38. The van der Waals surface area contributed by atoms with Crippen molar-refractivity contribution in [3.63, 3.8) is 0 Å². The number of aromatic hydroxyl groups is 1. The summed E-state index contributed by atoms with van der Waals surface area (Å²) in [5.41, 5.74) is 3.10. The number of hydrogen-bond acceptors (Lipinski definition) is 9. The zero-order valence-corrected chi connectivity index (χ0v) is 32.9. The van der Waals surface area contributed by atoms with E-state index < -0.39 is 21.0 Å². The lowest BCUT2D eigenvalue weighted by Crippen LogP contribution is -2.32. The number of pyridine rings is 4. The van der Waals surface area contributed by atoms with Crippen LogP contribution in [0.3, 0.4) is 0 Å². The fraction of sp³-hybridized carbons (Fsp3) is 0.0488. The number of ether oxygens (including phenoxy) is 1. The van der Waals surface area contributed by atoms with Crippen LogP contribution in [0, 0.1) is 0 Å². The number of phenolic OH excluding ortho intramolecular Hbond substituents is 1. The van der Waals surface area contributed by atoms with Gasteiger partial charge in [0.05, 0.1) is 27.9 Å². The van der Waals surface area contributed by atoms with Crippen LogP contribution in [-0.2, 0) is 15.5 Å². The molecule has 0 amide bonds. The topological polar surface area (TPSA) is 152 Å². The third-order valence-corrected chi connectivity index (χ3v) is 10.6. The van der Waals surface area contributed by atoms with Crippen LogP contribution in [0.1, 0.15) is 38.2 Å². The predicted molar refractivity (Wildman–Crippen MR) is 211 cm³/mol. The lowest BCUT2D eigenvalue weighted by atomic mass is 9.66. The van der Waals surface area contributed by atoms with E-state index in [1.165, 1.54) is 0 Å². The Morgan fingerprint density at radius 3 is 1.53 bits per heavy atom. The quantitative estimate of drug-likeness (QED) is 0.111. The summed E-state index contributed by atoms with van der Waals surface area (Å²) in [6.45, 7) is 0. The molecular formula is C41H25Br2F3N4O6S. The average molecular weight is 919 g/mol. The molecular weight excluding hydrogens is 893 g/mol. The number of alkyl halides is 3. The number of carbonyl (C=O) groups excluding carboxylic acids is 1. The number of nitrogens with zero attached hydrogens (tertiary/aromatic N) is 4. The van der Waals surface area contributed by atoms with Gasteiger partial charge in [0, 0.05) is 44.9 Å².